The van der Waals surface area contributed by atoms with Crippen molar-refractivity contribution in [1.82, 2.24) is 15.3 Å². The van der Waals surface area contributed by atoms with Crippen LogP contribution in [0.2, 0.25) is 0 Å². The maximum absolute atomic E-state index is 12.8. The Morgan fingerprint density at radius 3 is 2.83 bits per heavy atom. The van der Waals surface area contributed by atoms with Gasteiger partial charge in [0, 0.05) is 17.3 Å². The third kappa shape index (κ3) is 2.57. The number of benzene rings is 1. The Balaban J connectivity index is 1.71. The van der Waals surface area contributed by atoms with Gasteiger partial charge in [-0.3, -0.25) is 14.8 Å². The van der Waals surface area contributed by atoms with E-state index in [0.717, 1.165) is 52.7 Å². The molecule has 0 unspecified atom stereocenters. The maximum atomic E-state index is 12.8. The van der Waals surface area contributed by atoms with Crippen LogP contribution in [0.15, 0.2) is 48.7 Å². The lowest BCUT2D eigenvalue weighted by molar-refractivity contribution is 0.0951. The summed E-state index contributed by atoms with van der Waals surface area (Å²) in [5, 5.41) is 3.94. The number of aromatic nitrogens is 2. The van der Waals surface area contributed by atoms with Crippen LogP contribution in [0, 0.1) is 0 Å². The van der Waals surface area contributed by atoms with Crippen molar-refractivity contribution in [2.24, 2.45) is 0 Å². The Labute approximate surface area is 134 Å². The van der Waals surface area contributed by atoms with Gasteiger partial charge in [-0.2, -0.15) is 0 Å². The van der Waals surface area contributed by atoms with E-state index in [9.17, 15) is 4.79 Å². The third-order valence-electron chi connectivity index (χ3n) is 4.30. The van der Waals surface area contributed by atoms with E-state index in [1.807, 2.05) is 42.5 Å². The molecule has 2 aromatic heterocycles. The van der Waals surface area contributed by atoms with Gasteiger partial charge >= 0.3 is 0 Å². The Kier molecular flexibility index (Phi) is 3.50. The fourth-order valence-corrected chi connectivity index (χ4v) is 3.23. The number of aryl methyl sites for hydroxylation is 1. The molecule has 1 aliphatic carbocycles. The Morgan fingerprint density at radius 2 is 1.96 bits per heavy atom. The predicted octanol–water partition coefficient (Wildman–Crippen LogP) is 3.05. The second-order valence-electron chi connectivity index (χ2n) is 5.79. The zero-order valence-electron chi connectivity index (χ0n) is 12.7. The van der Waals surface area contributed by atoms with Crippen molar-refractivity contribution in [2.45, 2.75) is 25.8 Å². The molecule has 2 heterocycles. The Morgan fingerprint density at radius 1 is 1.09 bits per heavy atom. The fraction of sp³-hybridized carbons (Fsp3) is 0.211. The number of rotatable bonds is 3. The average molecular weight is 303 g/mol. The van der Waals surface area contributed by atoms with Crippen molar-refractivity contribution in [3.8, 4) is 0 Å². The highest BCUT2D eigenvalue weighted by atomic mass is 16.1. The minimum absolute atomic E-state index is 0.0348. The molecule has 114 valence electrons. The van der Waals surface area contributed by atoms with E-state index in [-0.39, 0.29) is 5.91 Å². The molecule has 0 saturated heterocycles. The summed E-state index contributed by atoms with van der Waals surface area (Å²) in [5.41, 5.74) is 4.74. The van der Waals surface area contributed by atoms with Gasteiger partial charge in [-0.15, -0.1) is 0 Å². The van der Waals surface area contributed by atoms with Crippen molar-refractivity contribution in [2.75, 3.05) is 0 Å². The maximum Gasteiger partial charge on any atom is 0.252 e. The number of pyridine rings is 2. The molecule has 1 amide bonds. The number of hydrogen-bond acceptors (Lipinski definition) is 3. The summed E-state index contributed by atoms with van der Waals surface area (Å²) in [6.07, 6.45) is 4.69. The quantitative estimate of drug-likeness (QED) is 0.809. The van der Waals surface area contributed by atoms with Crippen LogP contribution in [0.1, 0.15) is 33.7 Å². The van der Waals surface area contributed by atoms with E-state index in [1.54, 1.807) is 6.20 Å². The van der Waals surface area contributed by atoms with E-state index < -0.39 is 0 Å². The van der Waals surface area contributed by atoms with Gasteiger partial charge in [0.2, 0.25) is 0 Å². The smallest absolute Gasteiger partial charge is 0.252 e. The number of hydrogen-bond donors (Lipinski definition) is 1. The van der Waals surface area contributed by atoms with Crippen molar-refractivity contribution in [3.63, 3.8) is 0 Å². The molecule has 0 spiro atoms. The first-order valence-corrected chi connectivity index (χ1v) is 7.91. The van der Waals surface area contributed by atoms with Gasteiger partial charge in [0.15, 0.2) is 0 Å². The molecule has 0 aliphatic heterocycles. The topological polar surface area (TPSA) is 54.9 Å². The number of carbonyl (C=O) groups is 1. The molecule has 1 N–H and O–H groups in total. The molecule has 1 aromatic carbocycles. The van der Waals surface area contributed by atoms with Crippen LogP contribution in [0.3, 0.4) is 0 Å². The minimum atomic E-state index is -0.0348. The molecule has 0 bridgehead atoms. The molecule has 1 aliphatic rings. The van der Waals surface area contributed by atoms with E-state index >= 15 is 0 Å². The Hall–Kier alpha value is -2.75. The van der Waals surface area contributed by atoms with Gasteiger partial charge in [-0.25, -0.2) is 0 Å². The monoisotopic (exact) mass is 303 g/mol. The van der Waals surface area contributed by atoms with Gasteiger partial charge in [0.1, 0.15) is 0 Å². The number of amides is 1. The molecule has 0 saturated carbocycles. The molecule has 4 rings (SSSR count). The summed E-state index contributed by atoms with van der Waals surface area (Å²) >= 11 is 0. The van der Waals surface area contributed by atoms with Crippen LogP contribution in [0.25, 0.3) is 10.9 Å². The lowest BCUT2D eigenvalue weighted by Crippen LogP contribution is -2.25. The normalized spacial score (nSPS) is 13.0. The Bertz CT molecular complexity index is 874. The van der Waals surface area contributed by atoms with E-state index in [0.29, 0.717) is 6.54 Å². The third-order valence-corrected chi connectivity index (χ3v) is 4.30. The van der Waals surface area contributed by atoms with Gasteiger partial charge in [0.05, 0.1) is 23.3 Å². The molecule has 0 fully saturated rings. The molecule has 0 atom stereocenters. The van der Waals surface area contributed by atoms with Crippen LogP contribution in [0.5, 0.6) is 0 Å². The highest BCUT2D eigenvalue weighted by molar-refractivity contribution is 6.07. The van der Waals surface area contributed by atoms with Crippen molar-refractivity contribution in [3.05, 3.63) is 71.2 Å². The number of fused-ring (bicyclic) bond motifs is 2. The lowest BCUT2D eigenvalue weighted by atomic mass is 10.0. The number of carbonyl (C=O) groups excluding carboxylic acids is 1. The van der Waals surface area contributed by atoms with Crippen LogP contribution >= 0.6 is 0 Å². The second-order valence-corrected chi connectivity index (χ2v) is 5.79. The largest absolute Gasteiger partial charge is 0.346 e. The lowest BCUT2D eigenvalue weighted by Gasteiger charge is -2.12. The summed E-state index contributed by atoms with van der Waals surface area (Å²) in [6, 6.07) is 13.6. The standard InChI is InChI=1S/C19H17N3O/c23-19(21-12-13-6-3-4-11-20-13)18-14-7-1-2-9-16(14)22-17-10-5-8-15(17)18/h1-4,6-7,9,11H,5,8,10,12H2,(H,21,23). The molecule has 23 heavy (non-hydrogen) atoms. The van der Waals surface area contributed by atoms with E-state index in [2.05, 4.69) is 10.3 Å². The van der Waals surface area contributed by atoms with Gasteiger partial charge in [-0.1, -0.05) is 24.3 Å². The highest BCUT2D eigenvalue weighted by Crippen LogP contribution is 2.29. The molecule has 3 aromatic rings. The van der Waals surface area contributed by atoms with E-state index in [4.69, 9.17) is 4.98 Å². The van der Waals surface area contributed by atoms with Crippen molar-refractivity contribution >= 4 is 16.8 Å². The molecule has 4 heteroatoms. The molecule has 0 radical (unpaired) electrons. The summed E-state index contributed by atoms with van der Waals surface area (Å²) < 4.78 is 0. The number of nitrogens with zero attached hydrogens (tertiary/aromatic N) is 2. The first-order chi connectivity index (χ1) is 11.3. The first kappa shape index (κ1) is 13.9. The molecule has 4 nitrogen and oxygen atoms in total. The van der Waals surface area contributed by atoms with Crippen LogP contribution < -0.4 is 5.32 Å². The SMILES string of the molecule is O=C(NCc1ccccn1)c1c2c(nc3ccccc13)CCC2. The zero-order chi connectivity index (χ0) is 15.6. The van der Waals surface area contributed by atoms with Crippen LogP contribution in [-0.2, 0) is 19.4 Å². The van der Waals surface area contributed by atoms with Crippen molar-refractivity contribution < 1.29 is 4.79 Å². The van der Waals surface area contributed by atoms with Crippen LogP contribution in [0.4, 0.5) is 0 Å². The van der Waals surface area contributed by atoms with Crippen molar-refractivity contribution in [1.29, 1.82) is 0 Å². The summed E-state index contributed by atoms with van der Waals surface area (Å²) in [4.78, 5) is 21.8. The highest BCUT2D eigenvalue weighted by Gasteiger charge is 2.23. The van der Waals surface area contributed by atoms with E-state index in [1.165, 1.54) is 0 Å². The van der Waals surface area contributed by atoms with Gasteiger partial charge in [0.25, 0.3) is 5.91 Å². The summed E-state index contributed by atoms with van der Waals surface area (Å²) in [5.74, 6) is -0.0348. The minimum Gasteiger partial charge on any atom is -0.346 e. The predicted molar refractivity (Wildman–Crippen MR) is 89.2 cm³/mol. The molecular weight excluding hydrogens is 286 g/mol. The molecular formula is C19H17N3O. The summed E-state index contributed by atoms with van der Waals surface area (Å²) in [6.45, 7) is 0.436. The van der Waals surface area contributed by atoms with Gasteiger partial charge < -0.3 is 5.32 Å². The zero-order valence-corrected chi connectivity index (χ0v) is 12.7. The van der Waals surface area contributed by atoms with Gasteiger partial charge in [-0.05, 0) is 43.0 Å². The average Bonchev–Trinajstić information content (AvgIpc) is 3.06. The number of nitrogens with one attached hydrogen (secondary N) is 1. The summed E-state index contributed by atoms with van der Waals surface area (Å²) in [7, 11) is 0. The number of para-hydroxylation sites is 1. The first-order valence-electron chi connectivity index (χ1n) is 7.91. The fourth-order valence-electron chi connectivity index (χ4n) is 3.23. The second kappa shape index (κ2) is 5.80. The van der Waals surface area contributed by atoms with Crippen LogP contribution in [-0.4, -0.2) is 15.9 Å².